The normalized spacial score (nSPS) is 17.2. The molecule has 1 aliphatic heterocycles. The number of carbonyl (C=O) groups is 3. The summed E-state index contributed by atoms with van der Waals surface area (Å²) in [4.78, 5) is 38.7. The molecule has 1 saturated heterocycles. The Bertz CT molecular complexity index is 1290. The van der Waals surface area contributed by atoms with Crippen molar-refractivity contribution >= 4 is 57.9 Å². The van der Waals surface area contributed by atoms with Crippen LogP contribution in [0.4, 0.5) is 11.4 Å². The van der Waals surface area contributed by atoms with Crippen molar-refractivity contribution in [2.24, 2.45) is 0 Å². The van der Waals surface area contributed by atoms with Crippen LogP contribution in [-0.4, -0.2) is 29.8 Å². The molecule has 2 aromatic carbocycles. The molecule has 34 heavy (non-hydrogen) atoms. The Morgan fingerprint density at radius 3 is 2.29 bits per heavy atom. The second-order valence-corrected chi connectivity index (χ2v) is 8.20. The minimum absolute atomic E-state index is 0.119. The zero-order chi connectivity index (χ0) is 24.6. The number of benzene rings is 2. The first-order chi connectivity index (χ1) is 16.2. The zero-order valence-corrected chi connectivity index (χ0v) is 19.5. The quantitative estimate of drug-likeness (QED) is 0.283. The van der Waals surface area contributed by atoms with E-state index < -0.39 is 23.5 Å². The molecule has 0 bridgehead atoms. The number of hydrogen-bond donors (Lipinski definition) is 2. The number of nitrogens with one attached hydrogen (secondary N) is 1. The van der Waals surface area contributed by atoms with Crippen molar-refractivity contribution < 1.29 is 28.6 Å². The topological polar surface area (TPSA) is 109 Å². The van der Waals surface area contributed by atoms with E-state index in [1.165, 1.54) is 37.3 Å². The maximum absolute atomic E-state index is 13.1. The number of ether oxygens (including phenoxy) is 1. The minimum Gasteiger partial charge on any atom is -0.507 e. The molecule has 3 aromatic rings. The van der Waals surface area contributed by atoms with E-state index in [-0.39, 0.29) is 38.6 Å². The van der Waals surface area contributed by atoms with Gasteiger partial charge in [-0.3, -0.25) is 19.3 Å². The molecule has 0 aliphatic carbocycles. The lowest BCUT2D eigenvalue weighted by Gasteiger charge is -2.23. The number of aliphatic hydroxyl groups is 1. The molecule has 1 aromatic heterocycles. The van der Waals surface area contributed by atoms with Crippen molar-refractivity contribution in [2.45, 2.75) is 13.0 Å². The minimum atomic E-state index is -1.05. The number of aliphatic hydroxyl groups excluding tert-OH is 1. The van der Waals surface area contributed by atoms with Crippen LogP contribution < -0.4 is 15.0 Å². The van der Waals surface area contributed by atoms with Crippen LogP contribution in [0.3, 0.4) is 0 Å². The van der Waals surface area contributed by atoms with Gasteiger partial charge in [-0.15, -0.1) is 0 Å². The smallest absolute Gasteiger partial charge is 0.300 e. The molecule has 0 radical (unpaired) electrons. The first-order valence-corrected chi connectivity index (χ1v) is 10.7. The SMILES string of the molecule is COc1c(Cl)cc(/C(O)=C2/C(=O)C(=O)N(c3ccc(NC(C)=O)cc3)C2c2ccco2)cc1Cl. The summed E-state index contributed by atoms with van der Waals surface area (Å²) in [6.07, 6.45) is 1.40. The Labute approximate surface area is 204 Å². The maximum Gasteiger partial charge on any atom is 0.300 e. The molecular formula is C24H18Cl2N2O6. The van der Waals surface area contributed by atoms with Gasteiger partial charge in [0.15, 0.2) is 5.75 Å². The molecule has 2 amide bonds. The number of ketones is 1. The van der Waals surface area contributed by atoms with Crippen LogP contribution in [0, 0.1) is 0 Å². The highest BCUT2D eigenvalue weighted by Gasteiger charge is 2.48. The van der Waals surface area contributed by atoms with Gasteiger partial charge < -0.3 is 19.6 Å². The predicted molar refractivity (Wildman–Crippen MR) is 127 cm³/mol. The molecule has 2 N–H and O–H groups in total. The fourth-order valence-electron chi connectivity index (χ4n) is 3.77. The molecule has 8 nitrogen and oxygen atoms in total. The molecule has 10 heteroatoms. The third-order valence-electron chi connectivity index (χ3n) is 5.20. The van der Waals surface area contributed by atoms with Crippen molar-refractivity contribution in [3.63, 3.8) is 0 Å². The molecule has 0 saturated carbocycles. The molecule has 0 spiro atoms. The van der Waals surface area contributed by atoms with Crippen LogP contribution in [0.25, 0.3) is 5.76 Å². The predicted octanol–water partition coefficient (Wildman–Crippen LogP) is 5.18. The summed E-state index contributed by atoms with van der Waals surface area (Å²) in [5, 5.41) is 14.0. The number of halogens is 2. The molecule has 174 valence electrons. The summed E-state index contributed by atoms with van der Waals surface area (Å²) >= 11 is 12.4. The van der Waals surface area contributed by atoms with Crippen LogP contribution in [0.1, 0.15) is 24.3 Å². The zero-order valence-electron chi connectivity index (χ0n) is 18.0. The Kier molecular flexibility index (Phi) is 6.37. The lowest BCUT2D eigenvalue weighted by Crippen LogP contribution is -2.29. The van der Waals surface area contributed by atoms with Crippen LogP contribution >= 0.6 is 23.2 Å². The van der Waals surface area contributed by atoms with Gasteiger partial charge in [0, 0.05) is 23.9 Å². The number of carbonyl (C=O) groups excluding carboxylic acids is 3. The molecule has 1 aliphatic rings. The van der Waals surface area contributed by atoms with E-state index in [0.29, 0.717) is 11.4 Å². The van der Waals surface area contributed by atoms with Crippen molar-refractivity contribution in [1.29, 1.82) is 0 Å². The van der Waals surface area contributed by atoms with Crippen LogP contribution in [0.15, 0.2) is 64.8 Å². The van der Waals surface area contributed by atoms with Gasteiger partial charge in [-0.25, -0.2) is 0 Å². The van der Waals surface area contributed by atoms with Gasteiger partial charge in [-0.1, -0.05) is 23.2 Å². The Balaban J connectivity index is 1.86. The van der Waals surface area contributed by atoms with Gasteiger partial charge in [-0.2, -0.15) is 0 Å². The molecule has 1 atom stereocenters. The van der Waals surface area contributed by atoms with Gasteiger partial charge >= 0.3 is 0 Å². The molecular weight excluding hydrogens is 483 g/mol. The Morgan fingerprint density at radius 2 is 1.76 bits per heavy atom. The Hall–Kier alpha value is -3.75. The van der Waals surface area contributed by atoms with Crippen LogP contribution in [-0.2, 0) is 14.4 Å². The summed E-state index contributed by atoms with van der Waals surface area (Å²) in [5.74, 6) is -2.02. The van der Waals surface area contributed by atoms with E-state index in [1.807, 2.05) is 0 Å². The van der Waals surface area contributed by atoms with E-state index in [1.54, 1.807) is 36.4 Å². The largest absolute Gasteiger partial charge is 0.507 e. The highest BCUT2D eigenvalue weighted by molar-refractivity contribution is 6.51. The monoisotopic (exact) mass is 500 g/mol. The molecule has 1 fully saturated rings. The third kappa shape index (κ3) is 4.13. The molecule has 4 rings (SSSR count). The van der Waals surface area contributed by atoms with Crippen molar-refractivity contribution in [3.8, 4) is 5.75 Å². The van der Waals surface area contributed by atoms with E-state index in [9.17, 15) is 19.5 Å². The number of Topliss-reactive ketones (excluding diaryl/α,β-unsaturated/α-hetero) is 1. The Morgan fingerprint density at radius 1 is 1.12 bits per heavy atom. The van der Waals surface area contributed by atoms with Gasteiger partial charge in [0.05, 0.1) is 29.0 Å². The van der Waals surface area contributed by atoms with Gasteiger partial charge in [0.25, 0.3) is 11.7 Å². The van der Waals surface area contributed by atoms with Gasteiger partial charge in [0.1, 0.15) is 17.6 Å². The summed E-state index contributed by atoms with van der Waals surface area (Å²) in [7, 11) is 1.40. The first-order valence-electron chi connectivity index (χ1n) is 9.98. The number of furan rings is 1. The number of anilines is 2. The fraction of sp³-hybridized carbons (Fsp3) is 0.125. The number of methoxy groups -OCH3 is 1. The van der Waals surface area contributed by atoms with Crippen molar-refractivity contribution in [1.82, 2.24) is 0 Å². The third-order valence-corrected chi connectivity index (χ3v) is 5.76. The number of rotatable bonds is 5. The highest BCUT2D eigenvalue weighted by Crippen LogP contribution is 2.44. The lowest BCUT2D eigenvalue weighted by molar-refractivity contribution is -0.132. The fourth-order valence-corrected chi connectivity index (χ4v) is 4.41. The number of nitrogens with zero attached hydrogens (tertiary/aromatic N) is 1. The molecule has 1 unspecified atom stereocenters. The van der Waals surface area contributed by atoms with E-state index in [0.717, 1.165) is 0 Å². The standard InChI is InChI=1S/C24H18Cl2N2O6/c1-12(29)27-14-5-7-15(8-6-14)28-20(18-4-3-9-34-18)19(22(31)24(28)32)21(30)13-10-16(25)23(33-2)17(26)11-13/h3-11,20,30H,1-2H3,(H,27,29)/b21-19-. The van der Waals surface area contributed by atoms with Crippen molar-refractivity contribution in [2.75, 3.05) is 17.3 Å². The number of hydrogen-bond acceptors (Lipinski definition) is 6. The molecule has 2 heterocycles. The van der Waals surface area contributed by atoms with E-state index in [2.05, 4.69) is 5.32 Å². The average molecular weight is 501 g/mol. The van der Waals surface area contributed by atoms with Crippen molar-refractivity contribution in [3.05, 3.63) is 81.7 Å². The summed E-state index contributed by atoms with van der Waals surface area (Å²) in [6.45, 7) is 1.38. The van der Waals surface area contributed by atoms with Crippen LogP contribution in [0.2, 0.25) is 10.0 Å². The van der Waals surface area contributed by atoms with E-state index >= 15 is 0 Å². The lowest BCUT2D eigenvalue weighted by atomic mass is 9.99. The first kappa shape index (κ1) is 23.4. The van der Waals surface area contributed by atoms with E-state index in [4.69, 9.17) is 32.4 Å². The second-order valence-electron chi connectivity index (χ2n) is 7.39. The average Bonchev–Trinajstić information content (AvgIpc) is 3.40. The summed E-state index contributed by atoms with van der Waals surface area (Å²) < 4.78 is 10.7. The van der Waals surface area contributed by atoms with Gasteiger partial charge in [0.2, 0.25) is 5.91 Å². The summed E-state index contributed by atoms with van der Waals surface area (Å²) in [5.41, 5.74) is 0.821. The maximum atomic E-state index is 13.1. The summed E-state index contributed by atoms with van der Waals surface area (Å²) in [6, 6.07) is 11.3. The van der Waals surface area contributed by atoms with Crippen LogP contribution in [0.5, 0.6) is 5.75 Å². The van der Waals surface area contributed by atoms with Gasteiger partial charge in [-0.05, 0) is 48.5 Å². The number of amides is 2. The highest BCUT2D eigenvalue weighted by atomic mass is 35.5. The second kappa shape index (κ2) is 9.24.